The average molecular weight is 220 g/mol. The van der Waals surface area contributed by atoms with Gasteiger partial charge in [-0.1, -0.05) is 0 Å². The van der Waals surface area contributed by atoms with E-state index < -0.39 is 0 Å². The van der Waals surface area contributed by atoms with E-state index in [0.717, 1.165) is 50.3 Å². The number of nitrogens with zero attached hydrogens (tertiary/aromatic N) is 2. The van der Waals surface area contributed by atoms with Gasteiger partial charge in [-0.05, 0) is 19.3 Å². The lowest BCUT2D eigenvalue weighted by molar-refractivity contribution is -0.134. The standard InChI is InChI=1S/C11H16N4O/c16-11(15-3-1-2-4-15)9-5-8-7-13-14-10(8)12-6-9/h7,9H,1-6H2,(H2,12,13,14). The lowest BCUT2D eigenvalue weighted by Crippen LogP contribution is -2.39. The lowest BCUT2D eigenvalue weighted by atomic mass is 9.96. The second-order valence-electron chi connectivity index (χ2n) is 4.58. The quantitative estimate of drug-likeness (QED) is 0.729. The molecule has 86 valence electrons. The van der Waals surface area contributed by atoms with Gasteiger partial charge < -0.3 is 10.2 Å². The van der Waals surface area contributed by atoms with Gasteiger partial charge in [0.15, 0.2) is 0 Å². The zero-order valence-electron chi connectivity index (χ0n) is 9.20. The first-order valence-electron chi connectivity index (χ1n) is 5.89. The molecule has 1 saturated heterocycles. The predicted molar refractivity (Wildman–Crippen MR) is 60.1 cm³/mol. The normalized spacial score (nSPS) is 24.0. The number of likely N-dealkylation sites (tertiary alicyclic amines) is 1. The molecule has 3 rings (SSSR count). The maximum Gasteiger partial charge on any atom is 0.227 e. The van der Waals surface area contributed by atoms with Crippen LogP contribution in [-0.2, 0) is 11.2 Å². The van der Waals surface area contributed by atoms with Crippen LogP contribution < -0.4 is 5.32 Å². The van der Waals surface area contributed by atoms with Crippen LogP contribution >= 0.6 is 0 Å². The molecule has 1 fully saturated rings. The number of aromatic amines is 1. The highest BCUT2D eigenvalue weighted by Gasteiger charge is 2.30. The number of carbonyl (C=O) groups excluding carboxylic acids is 1. The van der Waals surface area contributed by atoms with Crippen LogP contribution in [0.4, 0.5) is 5.82 Å². The molecule has 1 atom stereocenters. The van der Waals surface area contributed by atoms with E-state index in [9.17, 15) is 4.79 Å². The van der Waals surface area contributed by atoms with Gasteiger partial charge in [0.25, 0.3) is 0 Å². The van der Waals surface area contributed by atoms with Crippen LogP contribution in [0.2, 0.25) is 0 Å². The monoisotopic (exact) mass is 220 g/mol. The molecule has 0 saturated carbocycles. The van der Waals surface area contributed by atoms with Crippen molar-refractivity contribution in [2.45, 2.75) is 19.3 Å². The number of nitrogens with one attached hydrogen (secondary N) is 2. The fourth-order valence-corrected chi connectivity index (χ4v) is 2.55. The molecule has 1 aromatic rings. The third-order valence-electron chi connectivity index (χ3n) is 3.48. The van der Waals surface area contributed by atoms with Crippen molar-refractivity contribution in [2.75, 3.05) is 25.0 Å². The Labute approximate surface area is 94.2 Å². The topological polar surface area (TPSA) is 61.0 Å². The summed E-state index contributed by atoms with van der Waals surface area (Å²) >= 11 is 0. The predicted octanol–water partition coefficient (Wildman–Crippen LogP) is 0.616. The van der Waals surface area contributed by atoms with Gasteiger partial charge in [-0.15, -0.1) is 0 Å². The van der Waals surface area contributed by atoms with Gasteiger partial charge in [-0.2, -0.15) is 5.10 Å². The molecule has 16 heavy (non-hydrogen) atoms. The maximum atomic E-state index is 12.2. The molecule has 1 unspecified atom stereocenters. The van der Waals surface area contributed by atoms with E-state index in [1.807, 2.05) is 11.1 Å². The summed E-state index contributed by atoms with van der Waals surface area (Å²) in [7, 11) is 0. The lowest BCUT2D eigenvalue weighted by Gasteiger charge is -2.26. The van der Waals surface area contributed by atoms with Gasteiger partial charge in [0.05, 0.1) is 12.1 Å². The number of hydrogen-bond acceptors (Lipinski definition) is 3. The van der Waals surface area contributed by atoms with Crippen molar-refractivity contribution in [2.24, 2.45) is 5.92 Å². The first-order valence-corrected chi connectivity index (χ1v) is 5.89. The van der Waals surface area contributed by atoms with Crippen LogP contribution in [-0.4, -0.2) is 40.6 Å². The third kappa shape index (κ3) is 1.56. The Bertz CT molecular complexity index is 394. The number of carbonyl (C=O) groups is 1. The van der Waals surface area contributed by atoms with Crippen molar-refractivity contribution in [1.29, 1.82) is 0 Å². The summed E-state index contributed by atoms with van der Waals surface area (Å²) in [5.41, 5.74) is 1.13. The highest BCUT2D eigenvalue weighted by Crippen LogP contribution is 2.24. The molecule has 0 radical (unpaired) electrons. The van der Waals surface area contributed by atoms with Crippen LogP contribution in [0.25, 0.3) is 0 Å². The van der Waals surface area contributed by atoms with Crippen LogP contribution in [0.15, 0.2) is 6.20 Å². The fraction of sp³-hybridized carbons (Fsp3) is 0.636. The molecule has 5 heteroatoms. The van der Waals surface area contributed by atoms with Crippen LogP contribution in [0, 0.1) is 5.92 Å². The van der Waals surface area contributed by atoms with Gasteiger partial charge >= 0.3 is 0 Å². The van der Waals surface area contributed by atoms with Crippen LogP contribution in [0.3, 0.4) is 0 Å². The minimum atomic E-state index is 0.0863. The Morgan fingerprint density at radius 3 is 3.06 bits per heavy atom. The molecule has 2 N–H and O–H groups in total. The molecule has 0 spiro atoms. The maximum absolute atomic E-state index is 12.2. The number of H-pyrrole nitrogens is 1. The second-order valence-corrected chi connectivity index (χ2v) is 4.58. The van der Waals surface area contributed by atoms with Crippen molar-refractivity contribution in [3.05, 3.63) is 11.8 Å². The summed E-state index contributed by atoms with van der Waals surface area (Å²) < 4.78 is 0. The van der Waals surface area contributed by atoms with Gasteiger partial charge in [0.2, 0.25) is 5.91 Å². The van der Waals surface area contributed by atoms with Gasteiger partial charge in [-0.25, -0.2) is 0 Å². The minimum absolute atomic E-state index is 0.0863. The summed E-state index contributed by atoms with van der Waals surface area (Å²) in [6.45, 7) is 2.60. The zero-order valence-corrected chi connectivity index (χ0v) is 9.20. The molecule has 0 bridgehead atoms. The Hall–Kier alpha value is -1.52. The molecular formula is C11H16N4O. The Kier molecular flexibility index (Phi) is 2.31. The van der Waals surface area contributed by atoms with Crippen molar-refractivity contribution < 1.29 is 4.79 Å². The number of anilines is 1. The summed E-state index contributed by atoms with van der Waals surface area (Å²) in [5, 5.41) is 10.1. The largest absolute Gasteiger partial charge is 0.369 e. The van der Waals surface area contributed by atoms with Crippen LogP contribution in [0.5, 0.6) is 0 Å². The first-order chi connectivity index (χ1) is 7.84. The van der Waals surface area contributed by atoms with Crippen molar-refractivity contribution in [3.63, 3.8) is 0 Å². The summed E-state index contributed by atoms with van der Waals surface area (Å²) in [5.74, 6) is 1.37. The van der Waals surface area contributed by atoms with E-state index in [4.69, 9.17) is 0 Å². The molecule has 1 aromatic heterocycles. The summed E-state index contributed by atoms with van der Waals surface area (Å²) in [4.78, 5) is 14.2. The van der Waals surface area contributed by atoms with E-state index >= 15 is 0 Å². The molecule has 0 aromatic carbocycles. The van der Waals surface area contributed by atoms with E-state index in [0.29, 0.717) is 5.91 Å². The van der Waals surface area contributed by atoms with Gasteiger partial charge in [0.1, 0.15) is 5.82 Å². The second kappa shape index (κ2) is 3.81. The minimum Gasteiger partial charge on any atom is -0.369 e. The number of aromatic nitrogens is 2. The molecule has 2 aliphatic rings. The van der Waals surface area contributed by atoms with Gasteiger partial charge in [0, 0.05) is 25.2 Å². The average Bonchev–Trinajstić information content (AvgIpc) is 2.98. The zero-order chi connectivity index (χ0) is 11.0. The number of hydrogen-bond donors (Lipinski definition) is 2. The Morgan fingerprint density at radius 1 is 1.44 bits per heavy atom. The highest BCUT2D eigenvalue weighted by molar-refractivity contribution is 5.80. The van der Waals surface area contributed by atoms with Gasteiger partial charge in [-0.3, -0.25) is 9.89 Å². The summed E-state index contributed by atoms with van der Waals surface area (Å²) in [6.07, 6.45) is 4.94. The molecule has 1 amide bonds. The Morgan fingerprint density at radius 2 is 2.25 bits per heavy atom. The first kappa shape index (κ1) is 9.69. The Balaban J connectivity index is 1.71. The van der Waals surface area contributed by atoms with Crippen molar-refractivity contribution in [3.8, 4) is 0 Å². The molecule has 2 aliphatic heterocycles. The number of amides is 1. The third-order valence-corrected chi connectivity index (χ3v) is 3.48. The van der Waals surface area contributed by atoms with E-state index in [-0.39, 0.29) is 5.92 Å². The highest BCUT2D eigenvalue weighted by atomic mass is 16.2. The number of rotatable bonds is 1. The SMILES string of the molecule is O=C(C1CNc2[nH]ncc2C1)N1CCCC1. The molecule has 0 aliphatic carbocycles. The van der Waals surface area contributed by atoms with E-state index in [1.165, 1.54) is 0 Å². The smallest absolute Gasteiger partial charge is 0.227 e. The van der Waals surface area contributed by atoms with E-state index in [1.54, 1.807) is 0 Å². The van der Waals surface area contributed by atoms with Crippen LogP contribution in [0.1, 0.15) is 18.4 Å². The van der Waals surface area contributed by atoms with Crippen molar-refractivity contribution in [1.82, 2.24) is 15.1 Å². The fourth-order valence-electron chi connectivity index (χ4n) is 2.55. The molecule has 5 nitrogen and oxygen atoms in total. The molecule has 3 heterocycles. The van der Waals surface area contributed by atoms with E-state index in [2.05, 4.69) is 15.5 Å². The number of fused-ring (bicyclic) bond motifs is 1. The summed E-state index contributed by atoms with van der Waals surface area (Å²) in [6, 6.07) is 0. The molecular weight excluding hydrogens is 204 g/mol. The van der Waals surface area contributed by atoms with Crippen molar-refractivity contribution >= 4 is 11.7 Å².